The highest BCUT2D eigenvalue weighted by Crippen LogP contribution is 2.48. The molecule has 1 aliphatic heterocycles. The Bertz CT molecular complexity index is 1480. The number of hydrogen-bond acceptors (Lipinski definition) is 4. The van der Waals surface area contributed by atoms with Gasteiger partial charge in [0.1, 0.15) is 29.6 Å². The quantitative estimate of drug-likeness (QED) is 0.228. The van der Waals surface area contributed by atoms with Gasteiger partial charge in [0.05, 0.1) is 11.7 Å². The number of benzene rings is 3. The van der Waals surface area contributed by atoms with E-state index in [9.17, 15) is 9.90 Å². The summed E-state index contributed by atoms with van der Waals surface area (Å²) in [4.78, 5) is 16.1. The van der Waals surface area contributed by atoms with Crippen LogP contribution in [0.2, 0.25) is 0 Å². The zero-order valence-corrected chi connectivity index (χ0v) is 26.7. The predicted octanol–water partition coefficient (Wildman–Crippen LogP) is 10.1. The first kappa shape index (κ1) is 31.6. The maximum absolute atomic E-state index is 16.3. The number of halogens is 1. The number of amides is 1. The summed E-state index contributed by atoms with van der Waals surface area (Å²) in [7, 11) is 0. The van der Waals surface area contributed by atoms with Crippen LogP contribution in [0.1, 0.15) is 103 Å². The van der Waals surface area contributed by atoms with Crippen molar-refractivity contribution in [2.24, 2.45) is 11.3 Å². The van der Waals surface area contributed by atoms with E-state index in [1.54, 1.807) is 29.2 Å². The van der Waals surface area contributed by atoms with Crippen LogP contribution in [-0.2, 0) is 11.4 Å². The maximum atomic E-state index is 16.3. The van der Waals surface area contributed by atoms with Crippen molar-refractivity contribution in [2.45, 2.75) is 98.1 Å². The lowest BCUT2D eigenvalue weighted by atomic mass is 9.82. The van der Waals surface area contributed by atoms with Gasteiger partial charge in [-0.1, -0.05) is 95.7 Å². The molecule has 3 aromatic rings. The minimum Gasteiger partial charge on any atom is -0.506 e. The number of hydrogen-bond donors (Lipinski definition) is 2. The molecule has 5 rings (SSSR count). The Morgan fingerprint density at radius 3 is 2.50 bits per heavy atom. The first-order valence-corrected chi connectivity index (χ1v) is 16.2. The van der Waals surface area contributed by atoms with Gasteiger partial charge in [-0.05, 0) is 66.5 Å². The van der Waals surface area contributed by atoms with Crippen LogP contribution in [-0.4, -0.2) is 11.0 Å². The van der Waals surface area contributed by atoms with Gasteiger partial charge in [-0.15, -0.1) is 0 Å². The number of nitrogens with zero attached hydrogens (tertiary/aromatic N) is 1. The van der Waals surface area contributed by atoms with E-state index in [-0.39, 0.29) is 17.1 Å². The molecule has 5 nitrogen and oxygen atoms in total. The van der Waals surface area contributed by atoms with E-state index >= 15 is 4.39 Å². The molecule has 2 N–H and O–H groups in total. The predicted molar refractivity (Wildman–Crippen MR) is 176 cm³/mol. The summed E-state index contributed by atoms with van der Waals surface area (Å²) >= 11 is 0. The maximum Gasteiger partial charge on any atom is 0.227 e. The van der Waals surface area contributed by atoms with Crippen LogP contribution in [0.5, 0.6) is 11.5 Å². The van der Waals surface area contributed by atoms with Crippen molar-refractivity contribution in [3.8, 4) is 11.5 Å². The van der Waals surface area contributed by atoms with Crippen LogP contribution in [0.3, 0.4) is 0 Å². The molecule has 1 saturated carbocycles. The summed E-state index contributed by atoms with van der Waals surface area (Å²) < 4.78 is 22.2. The van der Waals surface area contributed by atoms with Crippen molar-refractivity contribution in [3.63, 3.8) is 0 Å². The number of nitrogens with one attached hydrogen (secondary N) is 1. The van der Waals surface area contributed by atoms with E-state index < -0.39 is 11.9 Å². The lowest BCUT2D eigenvalue weighted by Crippen LogP contribution is -2.36. The third-order valence-corrected chi connectivity index (χ3v) is 9.59. The van der Waals surface area contributed by atoms with Gasteiger partial charge >= 0.3 is 0 Å². The molecule has 1 atom stereocenters. The smallest absolute Gasteiger partial charge is 0.227 e. The number of anilines is 2. The third-order valence-electron chi connectivity index (χ3n) is 9.59. The summed E-state index contributed by atoms with van der Waals surface area (Å²) in [5, 5.41) is 14.6. The van der Waals surface area contributed by atoms with Gasteiger partial charge < -0.3 is 15.2 Å². The number of carbonyl (C=O) groups is 1. The van der Waals surface area contributed by atoms with Gasteiger partial charge in [0, 0.05) is 23.7 Å². The van der Waals surface area contributed by atoms with E-state index in [4.69, 9.17) is 4.74 Å². The fourth-order valence-corrected chi connectivity index (χ4v) is 6.53. The Morgan fingerprint density at radius 1 is 1.05 bits per heavy atom. The van der Waals surface area contributed by atoms with Gasteiger partial charge in [-0.2, -0.15) is 0 Å². The molecule has 0 aromatic heterocycles. The molecule has 0 saturated heterocycles. The Labute approximate surface area is 262 Å². The molecular formula is C38H47FN2O3. The highest BCUT2D eigenvalue weighted by molar-refractivity contribution is 6.00. The average Bonchev–Trinajstić information content (AvgIpc) is 3.14. The number of rotatable bonds is 10. The van der Waals surface area contributed by atoms with Gasteiger partial charge in [-0.25, -0.2) is 4.39 Å². The highest BCUT2D eigenvalue weighted by Gasteiger charge is 2.37. The number of allylic oxidation sites excluding steroid dienone is 1. The average molecular weight is 599 g/mol. The fraction of sp³-hybridized carbons (Fsp3) is 0.447. The molecule has 1 aliphatic carbocycles. The second-order valence-electron chi connectivity index (χ2n) is 13.3. The van der Waals surface area contributed by atoms with Crippen molar-refractivity contribution in [3.05, 3.63) is 94.9 Å². The van der Waals surface area contributed by atoms with E-state index in [1.165, 1.54) is 25.3 Å². The van der Waals surface area contributed by atoms with Crippen molar-refractivity contribution in [2.75, 3.05) is 10.2 Å². The van der Waals surface area contributed by atoms with Gasteiger partial charge in [0.2, 0.25) is 5.91 Å². The molecule has 44 heavy (non-hydrogen) atoms. The van der Waals surface area contributed by atoms with Crippen molar-refractivity contribution >= 4 is 17.3 Å². The number of phenols is 1. The first-order valence-electron chi connectivity index (χ1n) is 16.2. The minimum atomic E-state index is -0.685. The number of carbonyl (C=O) groups excluding carboxylic acids is 1. The van der Waals surface area contributed by atoms with Crippen LogP contribution in [0.25, 0.3) is 0 Å². The topological polar surface area (TPSA) is 61.8 Å². The number of para-hydroxylation sites is 1. The number of phenolic OH excluding ortho intramolecular Hbond substituents is 1. The minimum absolute atomic E-state index is 0.0491. The molecule has 0 bridgehead atoms. The van der Waals surface area contributed by atoms with E-state index in [0.29, 0.717) is 48.1 Å². The molecule has 1 heterocycles. The molecule has 0 radical (unpaired) electrons. The molecule has 1 unspecified atom stereocenters. The van der Waals surface area contributed by atoms with Gasteiger partial charge in [-0.3, -0.25) is 9.69 Å². The summed E-state index contributed by atoms with van der Waals surface area (Å²) in [6, 6.07) is 19.3. The summed E-state index contributed by atoms with van der Waals surface area (Å²) in [6.07, 6.45) is 8.83. The highest BCUT2D eigenvalue weighted by atomic mass is 19.1. The monoisotopic (exact) mass is 598 g/mol. The largest absolute Gasteiger partial charge is 0.506 e. The Hall–Kier alpha value is -3.80. The molecule has 2 aliphatic rings. The normalized spacial score (nSPS) is 17.6. The Morgan fingerprint density at radius 2 is 1.80 bits per heavy atom. The molecule has 6 heteroatoms. The SMILES string of the molecule is CCC(C)(C)CC1=C(C)C(c2ccc(OCc3ccccc3)cc2F)N(C(=O)CCC2CCCCC2)c2cccc(O)c2N1. The Kier molecular flexibility index (Phi) is 9.97. The number of fused-ring (bicyclic) bond motifs is 1. The van der Waals surface area contributed by atoms with Crippen LogP contribution in [0, 0.1) is 17.2 Å². The number of aromatic hydroxyl groups is 1. The lowest BCUT2D eigenvalue weighted by molar-refractivity contribution is -0.119. The standard InChI is InChI=1S/C38H47FN2O3/c1-5-38(3,4)24-32-26(2)37(30-21-20-29(23-31(30)39)44-25-28-15-10-7-11-16-28)41(33-17-12-18-34(42)36(33)40-32)35(43)22-19-27-13-8-6-9-14-27/h7,10-12,15-18,20-21,23,27,37,40,42H,5-6,8-9,13-14,19,22,24-25H2,1-4H3. The van der Waals surface area contributed by atoms with Crippen LogP contribution >= 0.6 is 0 Å². The molecule has 234 valence electrons. The van der Waals surface area contributed by atoms with E-state index in [2.05, 4.69) is 26.1 Å². The number of ether oxygens (including phenoxy) is 1. The summed E-state index contributed by atoms with van der Waals surface area (Å²) in [5.41, 5.74) is 4.18. The molecule has 3 aromatic carbocycles. The van der Waals surface area contributed by atoms with Gasteiger partial charge in [0.25, 0.3) is 0 Å². The summed E-state index contributed by atoms with van der Waals surface area (Å²) in [5.74, 6) is 0.549. The van der Waals surface area contributed by atoms with Crippen LogP contribution < -0.4 is 15.0 Å². The fourth-order valence-electron chi connectivity index (χ4n) is 6.53. The molecule has 1 fully saturated rings. The van der Waals surface area contributed by atoms with Crippen molar-refractivity contribution in [1.29, 1.82) is 0 Å². The van der Waals surface area contributed by atoms with Crippen LogP contribution in [0.4, 0.5) is 15.8 Å². The van der Waals surface area contributed by atoms with Crippen molar-refractivity contribution in [1.82, 2.24) is 0 Å². The molecule has 1 amide bonds. The second-order valence-corrected chi connectivity index (χ2v) is 13.3. The third kappa shape index (κ3) is 7.28. The Balaban J connectivity index is 1.56. The van der Waals surface area contributed by atoms with E-state index in [0.717, 1.165) is 42.5 Å². The van der Waals surface area contributed by atoms with Crippen LogP contribution in [0.15, 0.2) is 78.0 Å². The zero-order chi connectivity index (χ0) is 31.3. The molecule has 0 spiro atoms. The first-order chi connectivity index (χ1) is 21.2. The summed E-state index contributed by atoms with van der Waals surface area (Å²) in [6.45, 7) is 8.88. The zero-order valence-electron chi connectivity index (χ0n) is 26.7. The second kappa shape index (κ2) is 13.9. The molecular weight excluding hydrogens is 551 g/mol. The lowest BCUT2D eigenvalue weighted by Gasteiger charge is -2.34. The van der Waals surface area contributed by atoms with Crippen molar-refractivity contribution < 1.29 is 19.0 Å². The van der Waals surface area contributed by atoms with E-state index in [1.807, 2.05) is 43.3 Å². The van der Waals surface area contributed by atoms with Gasteiger partial charge in [0.15, 0.2) is 0 Å².